The van der Waals surface area contributed by atoms with Crippen LogP contribution in [-0.2, 0) is 6.54 Å². The zero-order valence-electron chi connectivity index (χ0n) is 9.85. The van der Waals surface area contributed by atoms with E-state index in [-0.39, 0.29) is 0 Å². The molecule has 96 valence electrons. The zero-order valence-corrected chi connectivity index (χ0v) is 11.4. The van der Waals surface area contributed by atoms with E-state index in [0.717, 1.165) is 11.2 Å². The first-order valence-electron chi connectivity index (χ1n) is 5.65. The van der Waals surface area contributed by atoms with Gasteiger partial charge < -0.3 is 5.73 Å². The lowest BCUT2D eigenvalue weighted by molar-refractivity contribution is 0.828. The molecular weight excluding hydrogens is 283 g/mol. The number of anilines is 1. The van der Waals surface area contributed by atoms with Crippen molar-refractivity contribution in [2.75, 3.05) is 5.73 Å². The van der Waals surface area contributed by atoms with Crippen LogP contribution in [-0.4, -0.2) is 14.5 Å². The SMILES string of the molecule is Nc1nc2cc(Cl)cnc2n1Cc1ccc(Cl)cc1. The minimum Gasteiger partial charge on any atom is -0.369 e. The Labute approximate surface area is 119 Å². The number of hydrogen-bond donors (Lipinski definition) is 1. The van der Waals surface area contributed by atoms with Gasteiger partial charge in [-0.1, -0.05) is 35.3 Å². The number of fused-ring (bicyclic) bond motifs is 1. The van der Waals surface area contributed by atoms with Crippen LogP contribution in [0.5, 0.6) is 0 Å². The molecule has 0 amide bonds. The number of aromatic nitrogens is 3. The molecule has 19 heavy (non-hydrogen) atoms. The second-order valence-corrected chi connectivity index (χ2v) is 5.05. The normalized spacial score (nSPS) is 11.1. The van der Waals surface area contributed by atoms with Crippen molar-refractivity contribution in [1.82, 2.24) is 14.5 Å². The molecule has 0 radical (unpaired) electrons. The van der Waals surface area contributed by atoms with Gasteiger partial charge in [0.1, 0.15) is 5.52 Å². The van der Waals surface area contributed by atoms with Crippen LogP contribution in [0.1, 0.15) is 5.56 Å². The van der Waals surface area contributed by atoms with Crippen LogP contribution in [0.15, 0.2) is 36.5 Å². The summed E-state index contributed by atoms with van der Waals surface area (Å²) in [5.74, 6) is 0.416. The minimum atomic E-state index is 0.416. The number of halogens is 2. The first-order chi connectivity index (χ1) is 9.13. The van der Waals surface area contributed by atoms with Gasteiger partial charge in [0.05, 0.1) is 11.6 Å². The van der Waals surface area contributed by atoms with Crippen LogP contribution in [0.25, 0.3) is 11.2 Å². The lowest BCUT2D eigenvalue weighted by atomic mass is 10.2. The van der Waals surface area contributed by atoms with E-state index in [1.54, 1.807) is 12.3 Å². The summed E-state index contributed by atoms with van der Waals surface area (Å²) in [4.78, 5) is 8.53. The molecule has 0 spiro atoms. The summed E-state index contributed by atoms with van der Waals surface area (Å²) in [6.07, 6.45) is 1.59. The van der Waals surface area contributed by atoms with Crippen molar-refractivity contribution in [2.45, 2.75) is 6.54 Å². The predicted molar refractivity (Wildman–Crippen MR) is 77.5 cm³/mol. The second-order valence-electron chi connectivity index (χ2n) is 4.18. The minimum absolute atomic E-state index is 0.416. The molecule has 3 aromatic rings. The first-order valence-corrected chi connectivity index (χ1v) is 6.41. The highest BCUT2D eigenvalue weighted by Gasteiger charge is 2.10. The molecular formula is C13H10Cl2N4. The van der Waals surface area contributed by atoms with Gasteiger partial charge in [0, 0.05) is 11.2 Å². The highest BCUT2D eigenvalue weighted by molar-refractivity contribution is 6.31. The van der Waals surface area contributed by atoms with Gasteiger partial charge in [-0.05, 0) is 23.8 Å². The molecule has 0 atom stereocenters. The van der Waals surface area contributed by atoms with Crippen molar-refractivity contribution in [3.63, 3.8) is 0 Å². The number of imidazole rings is 1. The Balaban J connectivity index is 2.05. The molecule has 4 nitrogen and oxygen atoms in total. The van der Waals surface area contributed by atoms with E-state index in [0.29, 0.717) is 28.1 Å². The molecule has 0 saturated heterocycles. The fourth-order valence-corrected chi connectivity index (χ4v) is 2.21. The summed E-state index contributed by atoms with van der Waals surface area (Å²) in [5, 5.41) is 1.25. The maximum Gasteiger partial charge on any atom is 0.202 e. The Hall–Kier alpha value is -1.78. The zero-order chi connectivity index (χ0) is 13.4. The summed E-state index contributed by atoms with van der Waals surface area (Å²) >= 11 is 11.8. The van der Waals surface area contributed by atoms with Gasteiger partial charge >= 0.3 is 0 Å². The Morgan fingerprint density at radius 2 is 1.84 bits per heavy atom. The van der Waals surface area contributed by atoms with Crippen molar-refractivity contribution in [3.8, 4) is 0 Å². The van der Waals surface area contributed by atoms with Crippen LogP contribution in [0.3, 0.4) is 0 Å². The first kappa shape index (κ1) is 12.3. The number of benzene rings is 1. The van der Waals surface area contributed by atoms with E-state index < -0.39 is 0 Å². The fraction of sp³-hybridized carbons (Fsp3) is 0.0769. The number of hydrogen-bond acceptors (Lipinski definition) is 3. The standard InChI is InChI=1S/C13H10Cl2N4/c14-9-3-1-8(2-4-9)7-19-12-11(18-13(19)16)5-10(15)6-17-12/h1-6H,7H2,(H2,16,18). The Morgan fingerprint density at radius 1 is 1.11 bits per heavy atom. The van der Waals surface area contributed by atoms with E-state index in [9.17, 15) is 0 Å². The fourth-order valence-electron chi connectivity index (χ4n) is 1.93. The van der Waals surface area contributed by atoms with Crippen LogP contribution in [0.2, 0.25) is 10.0 Å². The summed E-state index contributed by atoms with van der Waals surface area (Å²) in [7, 11) is 0. The van der Waals surface area contributed by atoms with Gasteiger partial charge in [-0.25, -0.2) is 9.97 Å². The molecule has 0 aliphatic rings. The lowest BCUT2D eigenvalue weighted by Gasteiger charge is -2.06. The molecule has 0 bridgehead atoms. The molecule has 3 rings (SSSR count). The van der Waals surface area contributed by atoms with Crippen LogP contribution in [0, 0.1) is 0 Å². The maximum absolute atomic E-state index is 5.92. The van der Waals surface area contributed by atoms with Crippen molar-refractivity contribution in [2.24, 2.45) is 0 Å². The second kappa shape index (κ2) is 4.72. The van der Waals surface area contributed by atoms with E-state index in [4.69, 9.17) is 28.9 Å². The van der Waals surface area contributed by atoms with Gasteiger partial charge in [0.25, 0.3) is 0 Å². The van der Waals surface area contributed by atoms with Gasteiger partial charge in [-0.2, -0.15) is 0 Å². The smallest absolute Gasteiger partial charge is 0.202 e. The van der Waals surface area contributed by atoms with Gasteiger partial charge in [-0.15, -0.1) is 0 Å². The average molecular weight is 293 g/mol. The third-order valence-electron chi connectivity index (χ3n) is 2.84. The van der Waals surface area contributed by atoms with Gasteiger partial charge in [0.15, 0.2) is 5.65 Å². The van der Waals surface area contributed by atoms with E-state index in [1.165, 1.54) is 0 Å². The molecule has 1 aromatic carbocycles. The third kappa shape index (κ3) is 2.37. The number of nitrogen functional groups attached to an aromatic ring is 1. The van der Waals surface area contributed by atoms with Gasteiger partial charge in [-0.3, -0.25) is 4.57 Å². The molecule has 2 N–H and O–H groups in total. The Morgan fingerprint density at radius 3 is 2.58 bits per heavy atom. The van der Waals surface area contributed by atoms with Crippen LogP contribution in [0.4, 0.5) is 5.95 Å². The molecule has 6 heteroatoms. The van der Waals surface area contributed by atoms with E-state index in [1.807, 2.05) is 28.8 Å². The molecule has 2 heterocycles. The van der Waals surface area contributed by atoms with Crippen molar-refractivity contribution in [1.29, 1.82) is 0 Å². The molecule has 0 aliphatic carbocycles. The molecule has 0 aliphatic heterocycles. The van der Waals surface area contributed by atoms with Crippen molar-refractivity contribution < 1.29 is 0 Å². The number of pyridine rings is 1. The summed E-state index contributed by atoms with van der Waals surface area (Å²) in [6.45, 7) is 0.591. The number of nitrogens with two attached hydrogens (primary N) is 1. The molecule has 0 unspecified atom stereocenters. The molecule has 0 fully saturated rings. The quantitative estimate of drug-likeness (QED) is 0.788. The number of rotatable bonds is 2. The van der Waals surface area contributed by atoms with Gasteiger partial charge in [0.2, 0.25) is 5.95 Å². The maximum atomic E-state index is 5.92. The average Bonchev–Trinajstić information content (AvgIpc) is 2.68. The van der Waals surface area contributed by atoms with Crippen LogP contribution >= 0.6 is 23.2 Å². The Kier molecular flexibility index (Phi) is 3.05. The lowest BCUT2D eigenvalue weighted by Crippen LogP contribution is -2.05. The highest BCUT2D eigenvalue weighted by atomic mass is 35.5. The third-order valence-corrected chi connectivity index (χ3v) is 3.29. The van der Waals surface area contributed by atoms with Crippen LogP contribution < -0.4 is 5.73 Å². The summed E-state index contributed by atoms with van der Waals surface area (Å²) in [5.41, 5.74) is 8.41. The topological polar surface area (TPSA) is 56.7 Å². The monoisotopic (exact) mass is 292 g/mol. The summed E-state index contributed by atoms with van der Waals surface area (Å²) in [6, 6.07) is 9.33. The summed E-state index contributed by atoms with van der Waals surface area (Å²) < 4.78 is 1.84. The Bertz CT molecular complexity index is 734. The van der Waals surface area contributed by atoms with E-state index in [2.05, 4.69) is 9.97 Å². The van der Waals surface area contributed by atoms with Crippen molar-refractivity contribution in [3.05, 3.63) is 52.1 Å². The van der Waals surface area contributed by atoms with Crippen molar-refractivity contribution >= 4 is 40.3 Å². The van der Waals surface area contributed by atoms with E-state index >= 15 is 0 Å². The molecule has 0 saturated carbocycles. The predicted octanol–water partition coefficient (Wildman–Crippen LogP) is 3.37. The molecule has 2 aromatic heterocycles. The number of nitrogens with zero attached hydrogens (tertiary/aromatic N) is 3. The largest absolute Gasteiger partial charge is 0.369 e. The highest BCUT2D eigenvalue weighted by Crippen LogP contribution is 2.21.